The molecule has 0 spiro atoms. The monoisotopic (exact) mass is 222 g/mol. The lowest BCUT2D eigenvalue weighted by Crippen LogP contribution is -2.36. The fraction of sp³-hybridized carbons (Fsp3) is 0.500. The van der Waals surface area contributed by atoms with Gasteiger partial charge in [0, 0.05) is 17.8 Å². The van der Waals surface area contributed by atoms with Crippen molar-refractivity contribution in [2.24, 2.45) is 0 Å². The molecule has 0 saturated carbocycles. The summed E-state index contributed by atoms with van der Waals surface area (Å²) in [7, 11) is -1.59. The zero-order valence-electron chi connectivity index (χ0n) is 8.94. The Balaban J connectivity index is 2.29. The molecular weight excluding hydrogens is 207 g/mol. The molecule has 1 atom stereocenters. The number of nitrogens with one attached hydrogen (secondary N) is 2. The lowest BCUT2D eigenvalue weighted by atomic mass is 9.80. The zero-order chi connectivity index (χ0) is 11.5. The van der Waals surface area contributed by atoms with Crippen LogP contribution in [-0.4, -0.2) is 28.7 Å². The Kier molecular flexibility index (Phi) is 3.43. The van der Waals surface area contributed by atoms with E-state index in [1.165, 1.54) is 6.07 Å². The smallest absolute Gasteiger partial charge is 0.423 e. The Morgan fingerprint density at radius 2 is 2.12 bits per heavy atom. The van der Waals surface area contributed by atoms with E-state index in [4.69, 9.17) is 10.0 Å². The molecule has 2 heterocycles. The standard InChI is InChI=1S/C10H15BN2O3/c14-10-6-7(11(15)16)5-9(13-10)8-3-1-2-4-12-8/h5-6,8,12,15-16H,1-4H2,(H,13,14). The SMILES string of the molecule is O=c1cc(B(O)O)cc(C2CCCCN2)[nH]1. The number of H-pyrrole nitrogens is 1. The van der Waals surface area contributed by atoms with Crippen LogP contribution in [0.15, 0.2) is 16.9 Å². The van der Waals surface area contributed by atoms with Crippen LogP contribution in [-0.2, 0) is 0 Å². The number of hydrogen-bond donors (Lipinski definition) is 4. The van der Waals surface area contributed by atoms with Crippen LogP contribution in [0.4, 0.5) is 0 Å². The molecule has 86 valence electrons. The van der Waals surface area contributed by atoms with E-state index < -0.39 is 7.12 Å². The third kappa shape index (κ3) is 2.52. The van der Waals surface area contributed by atoms with Gasteiger partial charge in [-0.05, 0) is 30.9 Å². The summed E-state index contributed by atoms with van der Waals surface area (Å²) in [6.07, 6.45) is 3.22. The van der Waals surface area contributed by atoms with Crippen molar-refractivity contribution in [2.45, 2.75) is 25.3 Å². The molecule has 1 fully saturated rings. The highest BCUT2D eigenvalue weighted by molar-refractivity contribution is 6.58. The highest BCUT2D eigenvalue weighted by Crippen LogP contribution is 2.19. The van der Waals surface area contributed by atoms with Crippen LogP contribution in [0.3, 0.4) is 0 Å². The van der Waals surface area contributed by atoms with Gasteiger partial charge in [-0.25, -0.2) is 0 Å². The molecule has 16 heavy (non-hydrogen) atoms. The zero-order valence-corrected chi connectivity index (χ0v) is 8.94. The van der Waals surface area contributed by atoms with E-state index in [1.54, 1.807) is 6.07 Å². The Bertz CT molecular complexity index is 413. The molecule has 0 bridgehead atoms. The van der Waals surface area contributed by atoms with E-state index in [9.17, 15) is 4.79 Å². The molecule has 1 saturated heterocycles. The average Bonchev–Trinajstić information content (AvgIpc) is 2.29. The van der Waals surface area contributed by atoms with Crippen LogP contribution < -0.4 is 16.3 Å². The summed E-state index contributed by atoms with van der Waals surface area (Å²) in [5.41, 5.74) is 0.675. The van der Waals surface area contributed by atoms with Gasteiger partial charge in [-0.3, -0.25) is 4.79 Å². The second kappa shape index (κ2) is 4.82. The number of aromatic amines is 1. The Morgan fingerprint density at radius 1 is 1.31 bits per heavy atom. The second-order valence-corrected chi connectivity index (χ2v) is 4.11. The van der Waals surface area contributed by atoms with Crippen LogP contribution in [0.1, 0.15) is 31.0 Å². The topological polar surface area (TPSA) is 85.3 Å². The van der Waals surface area contributed by atoms with Gasteiger partial charge in [-0.2, -0.15) is 0 Å². The molecule has 1 aliphatic heterocycles. The molecule has 5 nitrogen and oxygen atoms in total. The minimum Gasteiger partial charge on any atom is -0.423 e. The summed E-state index contributed by atoms with van der Waals surface area (Å²) < 4.78 is 0. The molecule has 0 radical (unpaired) electrons. The van der Waals surface area contributed by atoms with E-state index in [-0.39, 0.29) is 17.1 Å². The largest absolute Gasteiger partial charge is 0.488 e. The predicted octanol–water partition coefficient (Wildman–Crippen LogP) is -1.13. The lowest BCUT2D eigenvalue weighted by Gasteiger charge is -2.23. The summed E-state index contributed by atoms with van der Waals surface area (Å²) in [5.74, 6) is 0. The van der Waals surface area contributed by atoms with Gasteiger partial charge < -0.3 is 20.3 Å². The van der Waals surface area contributed by atoms with Crippen LogP contribution >= 0.6 is 0 Å². The molecule has 1 aromatic rings. The number of pyridine rings is 1. The molecule has 4 N–H and O–H groups in total. The first-order chi connectivity index (χ1) is 7.66. The van der Waals surface area contributed by atoms with Gasteiger partial charge in [-0.15, -0.1) is 0 Å². The summed E-state index contributed by atoms with van der Waals surface area (Å²) in [6.45, 7) is 0.929. The fourth-order valence-electron chi connectivity index (χ4n) is 2.04. The van der Waals surface area contributed by atoms with Gasteiger partial charge in [0.05, 0.1) is 0 Å². The maximum Gasteiger partial charge on any atom is 0.488 e. The van der Waals surface area contributed by atoms with Gasteiger partial charge in [-0.1, -0.05) is 6.42 Å². The third-order valence-corrected chi connectivity index (χ3v) is 2.87. The second-order valence-electron chi connectivity index (χ2n) is 4.11. The van der Waals surface area contributed by atoms with E-state index in [0.29, 0.717) is 0 Å². The highest BCUT2D eigenvalue weighted by atomic mass is 16.4. The lowest BCUT2D eigenvalue weighted by molar-refractivity contribution is 0.404. The molecule has 1 aliphatic rings. The van der Waals surface area contributed by atoms with Crippen molar-refractivity contribution < 1.29 is 10.0 Å². The number of hydrogen-bond acceptors (Lipinski definition) is 4. The van der Waals surface area contributed by atoms with Gasteiger partial charge in [0.25, 0.3) is 0 Å². The minimum absolute atomic E-state index is 0.111. The third-order valence-electron chi connectivity index (χ3n) is 2.87. The molecule has 2 rings (SSSR count). The maximum absolute atomic E-state index is 11.4. The Morgan fingerprint density at radius 3 is 2.75 bits per heavy atom. The van der Waals surface area contributed by atoms with Crippen molar-refractivity contribution in [1.29, 1.82) is 0 Å². The number of aromatic nitrogens is 1. The molecule has 1 aromatic heterocycles. The maximum atomic E-state index is 11.4. The van der Waals surface area contributed by atoms with Gasteiger partial charge in [0.1, 0.15) is 0 Å². The molecule has 0 aliphatic carbocycles. The normalized spacial score (nSPS) is 20.8. The van der Waals surface area contributed by atoms with Crippen molar-refractivity contribution in [3.05, 3.63) is 28.2 Å². The molecule has 1 unspecified atom stereocenters. The quantitative estimate of drug-likeness (QED) is 0.477. The van der Waals surface area contributed by atoms with Crippen molar-refractivity contribution in [3.63, 3.8) is 0 Å². The fourth-order valence-corrected chi connectivity index (χ4v) is 2.04. The first-order valence-corrected chi connectivity index (χ1v) is 5.50. The van der Waals surface area contributed by atoms with E-state index >= 15 is 0 Å². The van der Waals surface area contributed by atoms with Crippen molar-refractivity contribution in [2.75, 3.05) is 6.54 Å². The van der Waals surface area contributed by atoms with Crippen molar-refractivity contribution >= 4 is 12.6 Å². The van der Waals surface area contributed by atoms with Crippen molar-refractivity contribution in [3.8, 4) is 0 Å². The Hall–Kier alpha value is -1.11. The van der Waals surface area contributed by atoms with E-state index in [1.807, 2.05) is 0 Å². The summed E-state index contributed by atoms with van der Waals surface area (Å²) in [6, 6.07) is 2.95. The van der Waals surface area contributed by atoms with Crippen molar-refractivity contribution in [1.82, 2.24) is 10.3 Å². The molecule has 6 heteroatoms. The van der Waals surface area contributed by atoms with Crippen LogP contribution in [0.2, 0.25) is 0 Å². The van der Waals surface area contributed by atoms with Gasteiger partial charge in [0.2, 0.25) is 5.56 Å². The molecule has 0 aromatic carbocycles. The minimum atomic E-state index is -1.59. The number of piperidine rings is 1. The average molecular weight is 222 g/mol. The number of rotatable bonds is 2. The van der Waals surface area contributed by atoms with E-state index in [0.717, 1.165) is 31.5 Å². The first kappa shape index (κ1) is 11.4. The molecular formula is C10H15BN2O3. The Labute approximate surface area is 93.7 Å². The van der Waals surface area contributed by atoms with Crippen LogP contribution in [0.5, 0.6) is 0 Å². The van der Waals surface area contributed by atoms with Gasteiger partial charge in [0.15, 0.2) is 0 Å². The predicted molar refractivity (Wildman–Crippen MR) is 61.5 cm³/mol. The van der Waals surface area contributed by atoms with Crippen LogP contribution in [0.25, 0.3) is 0 Å². The summed E-state index contributed by atoms with van der Waals surface area (Å²) >= 11 is 0. The molecule has 0 amide bonds. The summed E-state index contributed by atoms with van der Waals surface area (Å²) in [5, 5.41) is 21.4. The summed E-state index contributed by atoms with van der Waals surface area (Å²) in [4.78, 5) is 14.1. The van der Waals surface area contributed by atoms with E-state index in [2.05, 4.69) is 10.3 Å². The first-order valence-electron chi connectivity index (χ1n) is 5.50. The van der Waals surface area contributed by atoms with Gasteiger partial charge >= 0.3 is 7.12 Å². The highest BCUT2D eigenvalue weighted by Gasteiger charge is 2.19. The van der Waals surface area contributed by atoms with Crippen LogP contribution in [0, 0.1) is 0 Å².